The number of aromatic hydroxyl groups is 1. The number of carbonyl (C=O) groups excluding carboxylic acids is 1. The molecule has 3 aromatic carbocycles. The summed E-state index contributed by atoms with van der Waals surface area (Å²) in [6.45, 7) is 0.289. The van der Waals surface area contributed by atoms with E-state index in [0.29, 0.717) is 27.5 Å². The summed E-state index contributed by atoms with van der Waals surface area (Å²) in [5, 5.41) is 18.2. The maximum absolute atomic E-state index is 13.5. The lowest BCUT2D eigenvalue weighted by Crippen LogP contribution is -2.29. The van der Waals surface area contributed by atoms with Gasteiger partial charge in [0.05, 0.1) is 6.04 Å². The Kier molecular flexibility index (Phi) is 5.60. The van der Waals surface area contributed by atoms with E-state index in [2.05, 4.69) is 10.2 Å². The second kappa shape index (κ2) is 8.57. The fourth-order valence-corrected chi connectivity index (χ4v) is 4.76. The number of phenolic OH excluding ortho intramolecular Hbond substituents is 1. The highest BCUT2D eigenvalue weighted by atomic mass is 35.5. The molecule has 2 N–H and O–H groups in total. The summed E-state index contributed by atoms with van der Waals surface area (Å²) in [7, 11) is 0. The van der Waals surface area contributed by atoms with Crippen molar-refractivity contribution in [3.05, 3.63) is 100.0 Å². The Bertz CT molecular complexity index is 1340. The summed E-state index contributed by atoms with van der Waals surface area (Å²) in [4.78, 5) is 16.3. The largest absolute Gasteiger partial charge is 0.507 e. The van der Waals surface area contributed by atoms with Gasteiger partial charge >= 0.3 is 0 Å². The van der Waals surface area contributed by atoms with Crippen LogP contribution in [0.15, 0.2) is 71.6 Å². The second-order valence-corrected chi connectivity index (χ2v) is 9.07. The lowest BCUT2D eigenvalue weighted by atomic mass is 9.95. The van der Waals surface area contributed by atoms with E-state index in [0.717, 1.165) is 16.0 Å². The molecule has 0 fully saturated rings. The van der Waals surface area contributed by atoms with Crippen molar-refractivity contribution in [3.8, 4) is 17.0 Å². The van der Waals surface area contributed by atoms with Crippen molar-refractivity contribution in [1.29, 1.82) is 0 Å². The molecule has 2 heterocycles. The Morgan fingerprint density at radius 1 is 1.12 bits per heavy atom. The Balaban J connectivity index is 1.65. The minimum absolute atomic E-state index is 0.0228. The zero-order valence-corrected chi connectivity index (χ0v) is 19.1. The number of H-pyrrole nitrogens is 1. The van der Waals surface area contributed by atoms with Crippen molar-refractivity contribution < 1.29 is 14.3 Å². The number of phenols is 1. The van der Waals surface area contributed by atoms with E-state index in [1.54, 1.807) is 40.9 Å². The number of fused-ring (bicyclic) bond motifs is 1. The summed E-state index contributed by atoms with van der Waals surface area (Å²) in [6.07, 6.45) is 2.00. The van der Waals surface area contributed by atoms with Gasteiger partial charge in [0, 0.05) is 27.6 Å². The molecule has 5 rings (SSSR count). The van der Waals surface area contributed by atoms with Crippen LogP contribution >= 0.6 is 23.4 Å². The van der Waals surface area contributed by atoms with Crippen LogP contribution in [0.4, 0.5) is 4.39 Å². The van der Waals surface area contributed by atoms with E-state index >= 15 is 0 Å². The molecule has 8 heteroatoms. The summed E-state index contributed by atoms with van der Waals surface area (Å²) in [5.74, 6) is -0.521. The molecule has 0 saturated heterocycles. The number of aromatic nitrogens is 2. The lowest BCUT2D eigenvalue weighted by molar-refractivity contribution is 0.0730. The quantitative estimate of drug-likeness (QED) is 0.342. The van der Waals surface area contributed by atoms with Crippen molar-refractivity contribution in [1.82, 2.24) is 15.1 Å². The predicted octanol–water partition coefficient (Wildman–Crippen LogP) is 6.04. The van der Waals surface area contributed by atoms with E-state index in [4.69, 9.17) is 11.6 Å². The highest BCUT2D eigenvalue weighted by Crippen LogP contribution is 2.45. The average molecular weight is 480 g/mol. The first-order valence-electron chi connectivity index (χ1n) is 10.2. The zero-order valence-electron chi connectivity index (χ0n) is 17.5. The molecule has 1 aromatic heterocycles. The molecule has 1 unspecified atom stereocenters. The third-order valence-corrected chi connectivity index (χ3v) is 6.75. The number of nitrogens with one attached hydrogen (secondary N) is 1. The molecule has 1 aliphatic rings. The molecule has 5 nitrogen and oxygen atoms in total. The highest BCUT2D eigenvalue weighted by molar-refractivity contribution is 7.98. The molecular formula is C25H19ClFN3O2S. The number of thioether (sulfide) groups is 1. The minimum atomic E-state index is -0.444. The molecule has 33 heavy (non-hydrogen) atoms. The fraction of sp³-hybridized carbons (Fsp3) is 0.120. The van der Waals surface area contributed by atoms with Gasteiger partial charge in [0.25, 0.3) is 5.91 Å². The molecular weight excluding hydrogens is 461 g/mol. The SMILES string of the molecule is CSc1ccc(C2c3c(-c4cc(Cl)ccc4O)n[nH]c3C(=O)N2Cc2ccc(F)cc2)cc1. The van der Waals surface area contributed by atoms with Crippen LogP contribution in [0.2, 0.25) is 5.02 Å². The predicted molar refractivity (Wildman–Crippen MR) is 127 cm³/mol. The van der Waals surface area contributed by atoms with Crippen molar-refractivity contribution in [2.45, 2.75) is 17.5 Å². The number of nitrogens with zero attached hydrogens (tertiary/aromatic N) is 2. The van der Waals surface area contributed by atoms with Crippen LogP contribution in [-0.2, 0) is 6.54 Å². The van der Waals surface area contributed by atoms with Crippen LogP contribution in [-0.4, -0.2) is 32.4 Å². The van der Waals surface area contributed by atoms with Crippen LogP contribution in [0.1, 0.15) is 33.2 Å². The number of aromatic amines is 1. The van der Waals surface area contributed by atoms with E-state index in [-0.39, 0.29) is 24.0 Å². The van der Waals surface area contributed by atoms with Gasteiger partial charge in [-0.05, 0) is 59.8 Å². The standard InChI is InChI=1S/C25H19ClFN3O2S/c1-33-18-9-4-15(5-10-18)24-21-22(19-12-16(26)6-11-20(19)31)28-29-23(21)25(32)30(24)13-14-2-7-17(27)8-3-14/h2-12,24,31H,13H2,1H3,(H,28,29). The Labute approximate surface area is 199 Å². The highest BCUT2D eigenvalue weighted by Gasteiger charge is 2.42. The van der Waals surface area contributed by atoms with Crippen LogP contribution in [0.25, 0.3) is 11.3 Å². The summed E-state index contributed by atoms with van der Waals surface area (Å²) in [5.41, 5.74) is 3.68. The first kappa shape index (κ1) is 21.6. The van der Waals surface area contributed by atoms with Crippen molar-refractivity contribution in [3.63, 3.8) is 0 Å². The molecule has 0 saturated carbocycles. The molecule has 166 valence electrons. The zero-order chi connectivity index (χ0) is 23.1. The van der Waals surface area contributed by atoms with E-state index in [1.807, 2.05) is 30.5 Å². The summed E-state index contributed by atoms with van der Waals surface area (Å²) >= 11 is 7.82. The number of rotatable bonds is 5. The number of hydrogen-bond acceptors (Lipinski definition) is 4. The van der Waals surface area contributed by atoms with Gasteiger partial charge < -0.3 is 10.0 Å². The maximum atomic E-state index is 13.5. The van der Waals surface area contributed by atoms with E-state index < -0.39 is 6.04 Å². The number of amides is 1. The van der Waals surface area contributed by atoms with Gasteiger partial charge in [0.1, 0.15) is 23.0 Å². The fourth-order valence-electron chi connectivity index (χ4n) is 4.18. The molecule has 0 spiro atoms. The van der Waals surface area contributed by atoms with Gasteiger partial charge in [-0.3, -0.25) is 9.89 Å². The third kappa shape index (κ3) is 3.87. The second-order valence-electron chi connectivity index (χ2n) is 7.76. The van der Waals surface area contributed by atoms with Crippen molar-refractivity contribution >= 4 is 29.3 Å². The number of benzene rings is 3. The first-order chi connectivity index (χ1) is 16.0. The van der Waals surface area contributed by atoms with Crippen molar-refractivity contribution in [2.24, 2.45) is 0 Å². The van der Waals surface area contributed by atoms with E-state index in [9.17, 15) is 14.3 Å². The van der Waals surface area contributed by atoms with Gasteiger partial charge in [-0.1, -0.05) is 35.9 Å². The van der Waals surface area contributed by atoms with Gasteiger partial charge in [-0.25, -0.2) is 4.39 Å². The monoisotopic (exact) mass is 479 g/mol. The third-order valence-electron chi connectivity index (χ3n) is 5.78. The normalized spacial score (nSPS) is 15.2. The first-order valence-corrected chi connectivity index (χ1v) is 11.8. The molecule has 0 aliphatic carbocycles. The molecule has 1 aliphatic heterocycles. The van der Waals surface area contributed by atoms with Crippen LogP contribution < -0.4 is 0 Å². The topological polar surface area (TPSA) is 69.2 Å². The maximum Gasteiger partial charge on any atom is 0.273 e. The molecule has 4 aromatic rings. The Hall–Kier alpha value is -3.29. The molecule has 1 atom stereocenters. The van der Waals surface area contributed by atoms with Gasteiger partial charge in [0.15, 0.2) is 0 Å². The van der Waals surface area contributed by atoms with Crippen LogP contribution in [0.5, 0.6) is 5.75 Å². The average Bonchev–Trinajstić information content (AvgIpc) is 3.36. The number of hydrogen-bond donors (Lipinski definition) is 2. The Morgan fingerprint density at radius 2 is 1.85 bits per heavy atom. The van der Waals surface area contributed by atoms with Crippen molar-refractivity contribution in [2.75, 3.05) is 6.26 Å². The summed E-state index contributed by atoms with van der Waals surface area (Å²) < 4.78 is 13.4. The molecule has 0 radical (unpaired) electrons. The smallest absolute Gasteiger partial charge is 0.273 e. The number of halogens is 2. The van der Waals surface area contributed by atoms with Crippen LogP contribution in [0.3, 0.4) is 0 Å². The molecule has 1 amide bonds. The van der Waals surface area contributed by atoms with Gasteiger partial charge in [-0.2, -0.15) is 5.10 Å². The van der Waals surface area contributed by atoms with E-state index in [1.165, 1.54) is 18.2 Å². The Morgan fingerprint density at radius 3 is 2.55 bits per heavy atom. The minimum Gasteiger partial charge on any atom is -0.507 e. The summed E-state index contributed by atoms with van der Waals surface area (Å²) in [6, 6.07) is 18.4. The number of carbonyl (C=O) groups is 1. The lowest BCUT2D eigenvalue weighted by Gasteiger charge is -2.26. The molecule has 0 bridgehead atoms. The van der Waals surface area contributed by atoms with Gasteiger partial charge in [0.2, 0.25) is 0 Å². The van der Waals surface area contributed by atoms with Gasteiger partial charge in [-0.15, -0.1) is 11.8 Å². The van der Waals surface area contributed by atoms with Crippen LogP contribution in [0, 0.1) is 5.82 Å².